The SMILES string of the molecule is CC(C)(C)[S@](=O)/N=C/c1ccc(F)cc1Br. The molecule has 16 heavy (non-hydrogen) atoms. The first-order valence-electron chi connectivity index (χ1n) is 4.72. The van der Waals surface area contributed by atoms with Gasteiger partial charge in [0.1, 0.15) is 16.8 Å². The van der Waals surface area contributed by atoms with Crippen molar-refractivity contribution in [3.63, 3.8) is 0 Å². The van der Waals surface area contributed by atoms with Crippen LogP contribution in [0.25, 0.3) is 0 Å². The smallest absolute Gasteiger partial charge is 0.144 e. The second-order valence-corrected chi connectivity index (χ2v) is 7.05. The minimum Gasteiger partial charge on any atom is -0.234 e. The second kappa shape index (κ2) is 5.19. The predicted molar refractivity (Wildman–Crippen MR) is 69.6 cm³/mol. The Bertz CT molecular complexity index is 440. The quantitative estimate of drug-likeness (QED) is 0.769. The van der Waals surface area contributed by atoms with Gasteiger partial charge >= 0.3 is 0 Å². The van der Waals surface area contributed by atoms with Crippen molar-refractivity contribution in [1.82, 2.24) is 0 Å². The molecule has 2 nitrogen and oxygen atoms in total. The van der Waals surface area contributed by atoms with Crippen LogP contribution in [0.15, 0.2) is 27.1 Å². The molecule has 0 heterocycles. The Morgan fingerprint density at radius 3 is 2.56 bits per heavy atom. The molecule has 0 unspecified atom stereocenters. The molecule has 1 atom stereocenters. The second-order valence-electron chi connectivity index (χ2n) is 4.26. The number of hydrogen-bond donors (Lipinski definition) is 0. The molecule has 5 heteroatoms. The van der Waals surface area contributed by atoms with Gasteiger partial charge in [-0.1, -0.05) is 15.9 Å². The molecule has 88 valence electrons. The summed E-state index contributed by atoms with van der Waals surface area (Å²) in [4.78, 5) is 0. The van der Waals surface area contributed by atoms with Crippen molar-refractivity contribution in [2.45, 2.75) is 25.5 Å². The maximum atomic E-state index is 12.8. The Hall–Kier alpha value is -0.550. The van der Waals surface area contributed by atoms with Gasteiger partial charge in [0.05, 0.1) is 4.75 Å². The van der Waals surface area contributed by atoms with Crippen LogP contribution in [0, 0.1) is 5.82 Å². The van der Waals surface area contributed by atoms with Gasteiger partial charge in [-0.2, -0.15) is 4.40 Å². The Labute approximate surface area is 106 Å². The van der Waals surface area contributed by atoms with Crippen LogP contribution in [0.1, 0.15) is 26.3 Å². The van der Waals surface area contributed by atoms with E-state index in [0.717, 1.165) is 0 Å². The first-order valence-corrected chi connectivity index (χ1v) is 6.62. The molecule has 0 aliphatic heterocycles. The fourth-order valence-electron chi connectivity index (χ4n) is 0.869. The average molecular weight is 306 g/mol. The Morgan fingerprint density at radius 1 is 1.44 bits per heavy atom. The van der Waals surface area contributed by atoms with Gasteiger partial charge in [-0.05, 0) is 39.0 Å². The van der Waals surface area contributed by atoms with Crippen molar-refractivity contribution in [1.29, 1.82) is 0 Å². The minimum atomic E-state index is -1.30. The summed E-state index contributed by atoms with van der Waals surface area (Å²) in [6.45, 7) is 5.54. The summed E-state index contributed by atoms with van der Waals surface area (Å²) in [7, 11) is -1.30. The van der Waals surface area contributed by atoms with E-state index in [1.807, 2.05) is 20.8 Å². The third kappa shape index (κ3) is 3.79. The summed E-state index contributed by atoms with van der Waals surface area (Å²) in [5.74, 6) is -0.319. The molecule has 0 fully saturated rings. The molecule has 0 saturated heterocycles. The number of benzene rings is 1. The molecule has 0 aliphatic rings. The summed E-state index contributed by atoms with van der Waals surface area (Å²) in [5.41, 5.74) is 0.707. The first kappa shape index (κ1) is 13.5. The summed E-state index contributed by atoms with van der Waals surface area (Å²) in [6.07, 6.45) is 1.49. The van der Waals surface area contributed by atoms with Crippen LogP contribution in [-0.2, 0) is 11.0 Å². The molecular weight excluding hydrogens is 293 g/mol. The van der Waals surface area contributed by atoms with Gasteiger partial charge in [-0.3, -0.25) is 0 Å². The molecule has 0 aliphatic carbocycles. The van der Waals surface area contributed by atoms with Crippen molar-refractivity contribution in [3.8, 4) is 0 Å². The topological polar surface area (TPSA) is 29.4 Å². The highest BCUT2D eigenvalue weighted by Gasteiger charge is 2.18. The maximum absolute atomic E-state index is 12.8. The van der Waals surface area contributed by atoms with Gasteiger partial charge in [0, 0.05) is 16.3 Å². The lowest BCUT2D eigenvalue weighted by atomic mass is 10.2. The normalized spacial score (nSPS) is 14.3. The van der Waals surface area contributed by atoms with Crippen LogP contribution in [0.5, 0.6) is 0 Å². The standard InChI is InChI=1S/C11H13BrFNOS/c1-11(2,3)16(15)14-7-8-4-5-9(13)6-10(8)12/h4-7H,1-3H3/b14-7+/t16-/m0/s1. The fraction of sp³-hybridized carbons (Fsp3) is 0.364. The van der Waals surface area contributed by atoms with Gasteiger partial charge in [0.2, 0.25) is 0 Å². The molecule has 0 aromatic heterocycles. The molecule has 1 aromatic rings. The summed E-state index contributed by atoms with van der Waals surface area (Å²) in [5, 5.41) is 0. The number of halogens is 2. The van der Waals surface area contributed by atoms with E-state index in [2.05, 4.69) is 20.3 Å². The highest BCUT2D eigenvalue weighted by Crippen LogP contribution is 2.17. The molecule has 0 N–H and O–H groups in total. The van der Waals surface area contributed by atoms with Gasteiger partial charge in [-0.25, -0.2) is 8.60 Å². The van der Waals surface area contributed by atoms with E-state index in [0.29, 0.717) is 10.0 Å². The first-order chi connectivity index (χ1) is 7.30. The van der Waals surface area contributed by atoms with Crippen molar-refractivity contribution in [2.24, 2.45) is 4.40 Å². The van der Waals surface area contributed by atoms with Crippen molar-refractivity contribution < 1.29 is 8.60 Å². The molecule has 0 radical (unpaired) electrons. The molecule has 0 saturated carbocycles. The van der Waals surface area contributed by atoms with Gasteiger partial charge < -0.3 is 0 Å². The highest BCUT2D eigenvalue weighted by molar-refractivity contribution is 9.10. The zero-order chi connectivity index (χ0) is 12.3. The molecular formula is C11H13BrFNOS. The molecule has 1 rings (SSSR count). The molecule has 0 amide bonds. The number of hydrogen-bond acceptors (Lipinski definition) is 1. The zero-order valence-corrected chi connectivity index (χ0v) is 11.7. The van der Waals surface area contributed by atoms with Crippen molar-refractivity contribution >= 4 is 33.1 Å². The number of rotatable bonds is 2. The van der Waals surface area contributed by atoms with Crippen LogP contribution in [0.3, 0.4) is 0 Å². The van der Waals surface area contributed by atoms with E-state index in [9.17, 15) is 8.60 Å². The van der Waals surface area contributed by atoms with Crippen LogP contribution >= 0.6 is 15.9 Å². The van der Waals surface area contributed by atoms with E-state index in [1.54, 1.807) is 6.07 Å². The highest BCUT2D eigenvalue weighted by atomic mass is 79.9. The van der Waals surface area contributed by atoms with Gasteiger partial charge in [0.25, 0.3) is 0 Å². The van der Waals surface area contributed by atoms with Crippen molar-refractivity contribution in [2.75, 3.05) is 0 Å². The summed E-state index contributed by atoms with van der Waals surface area (Å²) >= 11 is 3.22. The van der Waals surface area contributed by atoms with Crippen LogP contribution in [-0.4, -0.2) is 15.2 Å². The Kier molecular flexibility index (Phi) is 4.38. The van der Waals surface area contributed by atoms with Crippen LogP contribution < -0.4 is 0 Å². The third-order valence-corrected chi connectivity index (χ3v) is 3.81. The Morgan fingerprint density at radius 2 is 2.06 bits per heavy atom. The lowest BCUT2D eigenvalue weighted by Gasteiger charge is -2.12. The molecule has 1 aromatic carbocycles. The molecule has 0 spiro atoms. The minimum absolute atomic E-state index is 0.319. The van der Waals surface area contributed by atoms with Crippen LogP contribution in [0.4, 0.5) is 4.39 Å². The van der Waals surface area contributed by atoms with E-state index in [4.69, 9.17) is 0 Å². The zero-order valence-electron chi connectivity index (χ0n) is 9.33. The third-order valence-electron chi connectivity index (χ3n) is 1.77. The van der Waals surface area contributed by atoms with Gasteiger partial charge in [0.15, 0.2) is 0 Å². The van der Waals surface area contributed by atoms with Gasteiger partial charge in [-0.15, -0.1) is 0 Å². The van der Waals surface area contributed by atoms with E-state index < -0.39 is 11.0 Å². The average Bonchev–Trinajstić information content (AvgIpc) is 2.14. The van der Waals surface area contributed by atoms with Crippen LogP contribution in [0.2, 0.25) is 0 Å². The lowest BCUT2D eigenvalue weighted by Crippen LogP contribution is -2.19. The van der Waals surface area contributed by atoms with E-state index in [1.165, 1.54) is 18.3 Å². The predicted octanol–water partition coefficient (Wildman–Crippen LogP) is 3.47. The number of nitrogens with zero attached hydrogens (tertiary/aromatic N) is 1. The van der Waals surface area contributed by atoms with E-state index in [-0.39, 0.29) is 10.6 Å². The lowest BCUT2D eigenvalue weighted by molar-refractivity contribution is 0.627. The summed E-state index contributed by atoms with van der Waals surface area (Å²) in [6, 6.07) is 4.27. The largest absolute Gasteiger partial charge is 0.234 e. The molecule has 0 bridgehead atoms. The fourth-order valence-corrected chi connectivity index (χ4v) is 1.85. The Balaban J connectivity index is 2.89. The monoisotopic (exact) mass is 305 g/mol. The van der Waals surface area contributed by atoms with Crippen molar-refractivity contribution in [3.05, 3.63) is 34.1 Å². The summed E-state index contributed by atoms with van der Waals surface area (Å²) < 4.78 is 28.6. The van der Waals surface area contributed by atoms with E-state index >= 15 is 0 Å². The maximum Gasteiger partial charge on any atom is 0.144 e.